The molecule has 0 aromatic heterocycles. The third-order valence-electron chi connectivity index (χ3n) is 2.53. The molecule has 0 saturated carbocycles. The van der Waals surface area contributed by atoms with Gasteiger partial charge in [0, 0.05) is 23.7 Å². The van der Waals surface area contributed by atoms with Gasteiger partial charge in [-0.2, -0.15) is 0 Å². The van der Waals surface area contributed by atoms with Gasteiger partial charge in [0.2, 0.25) is 5.91 Å². The molecule has 0 bridgehead atoms. The topological polar surface area (TPSA) is 20.3 Å². The monoisotopic (exact) mass is 209 g/mol. The summed E-state index contributed by atoms with van der Waals surface area (Å²) in [5, 5.41) is 0.750. The Morgan fingerprint density at radius 1 is 1.43 bits per heavy atom. The first-order valence-corrected chi connectivity index (χ1v) is 5.13. The molecule has 1 amide bonds. The van der Waals surface area contributed by atoms with E-state index in [0.717, 1.165) is 29.2 Å². The van der Waals surface area contributed by atoms with Crippen molar-refractivity contribution in [2.75, 3.05) is 11.4 Å². The van der Waals surface area contributed by atoms with Crippen LogP contribution < -0.4 is 4.90 Å². The van der Waals surface area contributed by atoms with Crippen molar-refractivity contribution in [3.8, 4) is 0 Å². The molecule has 14 heavy (non-hydrogen) atoms. The number of hydrogen-bond acceptors (Lipinski definition) is 1. The Morgan fingerprint density at radius 3 is 2.79 bits per heavy atom. The van der Waals surface area contributed by atoms with Gasteiger partial charge in [-0.15, -0.1) is 0 Å². The Labute approximate surface area is 88.5 Å². The second kappa shape index (κ2) is 3.62. The molecule has 0 unspecified atom stereocenters. The Balaban J connectivity index is 2.32. The van der Waals surface area contributed by atoms with Crippen LogP contribution in [0.3, 0.4) is 0 Å². The first kappa shape index (κ1) is 9.53. The number of nitrogens with zero attached hydrogens (tertiary/aromatic N) is 1. The van der Waals surface area contributed by atoms with Crippen LogP contribution in [-0.4, -0.2) is 12.5 Å². The molecule has 0 aliphatic carbocycles. The van der Waals surface area contributed by atoms with Gasteiger partial charge in [-0.3, -0.25) is 4.79 Å². The molecule has 3 heteroatoms. The van der Waals surface area contributed by atoms with Gasteiger partial charge < -0.3 is 4.90 Å². The summed E-state index contributed by atoms with van der Waals surface area (Å²) in [6.45, 7) is 2.78. The molecule has 1 aliphatic heterocycles. The lowest BCUT2D eigenvalue weighted by Gasteiger charge is -2.16. The van der Waals surface area contributed by atoms with Crippen LogP contribution in [0.1, 0.15) is 18.4 Å². The van der Waals surface area contributed by atoms with E-state index >= 15 is 0 Å². The van der Waals surface area contributed by atoms with Crippen LogP contribution in [0.15, 0.2) is 18.2 Å². The maximum absolute atomic E-state index is 11.5. The summed E-state index contributed by atoms with van der Waals surface area (Å²) in [6.07, 6.45) is 1.63. The van der Waals surface area contributed by atoms with E-state index in [0.29, 0.717) is 6.42 Å². The Morgan fingerprint density at radius 2 is 2.21 bits per heavy atom. The van der Waals surface area contributed by atoms with Crippen molar-refractivity contribution in [2.24, 2.45) is 0 Å². The summed E-state index contributed by atoms with van der Waals surface area (Å²) in [4.78, 5) is 13.3. The fourth-order valence-electron chi connectivity index (χ4n) is 1.72. The van der Waals surface area contributed by atoms with Crippen molar-refractivity contribution in [1.29, 1.82) is 0 Å². The number of aryl methyl sites for hydroxylation is 1. The molecule has 0 spiro atoms. The number of rotatable bonds is 1. The third-order valence-corrected chi connectivity index (χ3v) is 2.95. The van der Waals surface area contributed by atoms with E-state index in [1.165, 1.54) is 0 Å². The highest BCUT2D eigenvalue weighted by Gasteiger charge is 2.21. The van der Waals surface area contributed by atoms with Crippen LogP contribution >= 0.6 is 11.6 Å². The number of carbonyl (C=O) groups excluding carboxylic acids is 1. The maximum atomic E-state index is 11.5. The SMILES string of the molecule is Cc1cc(N2CCCC2=O)ccc1Cl. The van der Waals surface area contributed by atoms with E-state index in [9.17, 15) is 4.79 Å². The van der Waals surface area contributed by atoms with E-state index < -0.39 is 0 Å². The molecule has 1 aliphatic rings. The minimum absolute atomic E-state index is 0.215. The Hall–Kier alpha value is -1.02. The number of anilines is 1. The van der Waals surface area contributed by atoms with Gasteiger partial charge in [-0.25, -0.2) is 0 Å². The Kier molecular flexibility index (Phi) is 2.46. The number of amides is 1. The zero-order chi connectivity index (χ0) is 10.1. The largest absolute Gasteiger partial charge is 0.312 e. The molecule has 2 nitrogen and oxygen atoms in total. The van der Waals surface area contributed by atoms with Crippen molar-refractivity contribution < 1.29 is 4.79 Å². The predicted octanol–water partition coefficient (Wildman–Crippen LogP) is 2.78. The van der Waals surface area contributed by atoms with Crippen LogP contribution in [-0.2, 0) is 4.79 Å². The van der Waals surface area contributed by atoms with Crippen LogP contribution in [0.25, 0.3) is 0 Å². The van der Waals surface area contributed by atoms with Gasteiger partial charge >= 0.3 is 0 Å². The lowest BCUT2D eigenvalue weighted by molar-refractivity contribution is -0.117. The summed E-state index contributed by atoms with van der Waals surface area (Å²) in [5.41, 5.74) is 1.98. The molecule has 0 radical (unpaired) electrons. The second-order valence-corrected chi connectivity index (χ2v) is 3.99. The number of carbonyl (C=O) groups is 1. The minimum atomic E-state index is 0.215. The molecule has 1 saturated heterocycles. The smallest absolute Gasteiger partial charge is 0.227 e. The zero-order valence-electron chi connectivity index (χ0n) is 8.09. The summed E-state index contributed by atoms with van der Waals surface area (Å²) in [5.74, 6) is 0.215. The van der Waals surface area contributed by atoms with E-state index in [2.05, 4.69) is 0 Å². The molecule has 0 atom stereocenters. The fraction of sp³-hybridized carbons (Fsp3) is 0.364. The average molecular weight is 210 g/mol. The Bertz CT molecular complexity index is 376. The molecule has 2 rings (SSSR count). The van der Waals surface area contributed by atoms with Crippen molar-refractivity contribution >= 4 is 23.2 Å². The van der Waals surface area contributed by atoms with E-state index in [1.807, 2.05) is 30.0 Å². The van der Waals surface area contributed by atoms with Crippen molar-refractivity contribution in [3.63, 3.8) is 0 Å². The summed E-state index contributed by atoms with van der Waals surface area (Å²) < 4.78 is 0. The summed E-state index contributed by atoms with van der Waals surface area (Å²) >= 11 is 5.92. The molecular weight excluding hydrogens is 198 g/mol. The first-order chi connectivity index (χ1) is 6.68. The second-order valence-electron chi connectivity index (χ2n) is 3.58. The normalized spacial score (nSPS) is 16.4. The lowest BCUT2D eigenvalue weighted by Crippen LogP contribution is -2.23. The summed E-state index contributed by atoms with van der Waals surface area (Å²) in [6, 6.07) is 5.71. The minimum Gasteiger partial charge on any atom is -0.312 e. The van der Waals surface area contributed by atoms with Crippen LogP contribution in [0.5, 0.6) is 0 Å². The highest BCUT2D eigenvalue weighted by atomic mass is 35.5. The van der Waals surface area contributed by atoms with Crippen molar-refractivity contribution in [3.05, 3.63) is 28.8 Å². The molecular formula is C11H12ClNO. The first-order valence-electron chi connectivity index (χ1n) is 4.75. The average Bonchev–Trinajstić information content (AvgIpc) is 2.57. The van der Waals surface area contributed by atoms with Gasteiger partial charge in [-0.1, -0.05) is 11.6 Å². The lowest BCUT2D eigenvalue weighted by atomic mass is 10.2. The third kappa shape index (κ3) is 1.62. The van der Waals surface area contributed by atoms with Crippen molar-refractivity contribution in [1.82, 2.24) is 0 Å². The number of halogens is 1. The summed E-state index contributed by atoms with van der Waals surface area (Å²) in [7, 11) is 0. The van der Waals surface area contributed by atoms with Crippen LogP contribution in [0.2, 0.25) is 5.02 Å². The molecule has 1 aromatic carbocycles. The standard InChI is InChI=1S/C11H12ClNO/c1-8-7-9(4-5-10(8)12)13-6-2-3-11(13)14/h4-5,7H,2-3,6H2,1H3. The van der Waals surface area contributed by atoms with E-state index in [-0.39, 0.29) is 5.91 Å². The number of hydrogen-bond donors (Lipinski definition) is 0. The van der Waals surface area contributed by atoms with Crippen LogP contribution in [0.4, 0.5) is 5.69 Å². The van der Waals surface area contributed by atoms with Gasteiger partial charge in [0.25, 0.3) is 0 Å². The quantitative estimate of drug-likeness (QED) is 0.697. The fourth-order valence-corrected chi connectivity index (χ4v) is 1.84. The van der Waals surface area contributed by atoms with Gasteiger partial charge in [-0.05, 0) is 37.1 Å². The van der Waals surface area contributed by atoms with Gasteiger partial charge in [0.15, 0.2) is 0 Å². The zero-order valence-corrected chi connectivity index (χ0v) is 8.84. The maximum Gasteiger partial charge on any atom is 0.227 e. The van der Waals surface area contributed by atoms with Crippen molar-refractivity contribution in [2.45, 2.75) is 19.8 Å². The number of benzene rings is 1. The predicted molar refractivity (Wildman–Crippen MR) is 57.8 cm³/mol. The van der Waals surface area contributed by atoms with Gasteiger partial charge in [0.05, 0.1) is 0 Å². The van der Waals surface area contributed by atoms with E-state index in [4.69, 9.17) is 11.6 Å². The molecule has 0 N–H and O–H groups in total. The van der Waals surface area contributed by atoms with Crippen LogP contribution in [0, 0.1) is 6.92 Å². The molecule has 1 aromatic rings. The van der Waals surface area contributed by atoms with Gasteiger partial charge in [0.1, 0.15) is 0 Å². The van der Waals surface area contributed by atoms with E-state index in [1.54, 1.807) is 0 Å². The molecule has 74 valence electrons. The highest BCUT2D eigenvalue weighted by molar-refractivity contribution is 6.31. The molecule has 1 heterocycles. The molecule has 1 fully saturated rings. The highest BCUT2D eigenvalue weighted by Crippen LogP contribution is 2.25.